The van der Waals surface area contributed by atoms with Gasteiger partial charge in [0.2, 0.25) is 0 Å². The quantitative estimate of drug-likeness (QED) is 0.640. The molecule has 1 fully saturated rings. The minimum Gasteiger partial charge on any atom is -0.340 e. The first-order valence-corrected chi connectivity index (χ1v) is 5.41. The zero-order valence-corrected chi connectivity index (χ0v) is 8.69. The van der Waals surface area contributed by atoms with E-state index in [1.54, 1.807) is 0 Å². The van der Waals surface area contributed by atoms with Crippen molar-refractivity contribution in [1.29, 1.82) is 0 Å². The lowest BCUT2D eigenvalue weighted by molar-refractivity contribution is 0.0550. The fraction of sp³-hybridized carbons (Fsp3) is 0.500. The smallest absolute Gasteiger partial charge is 0.282 e. The Morgan fingerprint density at radius 3 is 2.69 bits per heavy atom. The maximum Gasteiger partial charge on any atom is 0.282 e. The van der Waals surface area contributed by atoms with Crippen molar-refractivity contribution in [3.05, 3.63) is 17.7 Å². The molecule has 84 valence electrons. The first-order valence-electron chi connectivity index (χ1n) is 5.41. The van der Waals surface area contributed by atoms with Crippen molar-refractivity contribution in [2.75, 3.05) is 13.1 Å². The molecule has 3 heterocycles. The number of fused-ring (bicyclic) bond motifs is 1. The molecule has 0 bridgehead atoms. The molecular formula is C10H12N4O2. The highest BCUT2D eigenvalue weighted by Gasteiger charge is 2.42. The Morgan fingerprint density at radius 1 is 1.25 bits per heavy atom. The highest BCUT2D eigenvalue weighted by atomic mass is 16.2. The van der Waals surface area contributed by atoms with Gasteiger partial charge in [0.1, 0.15) is 5.69 Å². The molecule has 0 aromatic carbocycles. The zero-order valence-electron chi connectivity index (χ0n) is 8.69. The summed E-state index contributed by atoms with van der Waals surface area (Å²) in [7, 11) is 0. The Bertz CT molecular complexity index is 417. The van der Waals surface area contributed by atoms with Crippen molar-refractivity contribution in [2.24, 2.45) is 0 Å². The monoisotopic (exact) mass is 220 g/mol. The lowest BCUT2D eigenvalue weighted by Crippen LogP contribution is -2.46. The molecule has 6 nitrogen and oxygen atoms in total. The molecule has 3 rings (SSSR count). The molecule has 0 aliphatic carbocycles. The molecule has 2 amide bonds. The first kappa shape index (κ1) is 9.53. The van der Waals surface area contributed by atoms with Crippen molar-refractivity contribution in [3.63, 3.8) is 0 Å². The van der Waals surface area contributed by atoms with Crippen molar-refractivity contribution >= 4 is 11.8 Å². The molecule has 0 radical (unpaired) electrons. The van der Waals surface area contributed by atoms with Gasteiger partial charge in [-0.05, 0) is 25.9 Å². The van der Waals surface area contributed by atoms with Crippen LogP contribution in [0.3, 0.4) is 0 Å². The van der Waals surface area contributed by atoms with Crippen molar-refractivity contribution in [3.8, 4) is 0 Å². The summed E-state index contributed by atoms with van der Waals surface area (Å²) in [5.41, 5.74) is 0.604. The number of carbonyl (C=O) groups is 2. The van der Waals surface area contributed by atoms with E-state index < -0.39 is 0 Å². The summed E-state index contributed by atoms with van der Waals surface area (Å²) in [4.78, 5) is 31.9. The van der Waals surface area contributed by atoms with E-state index in [0.717, 1.165) is 25.9 Å². The number of imide groups is 1. The van der Waals surface area contributed by atoms with Gasteiger partial charge in [0.15, 0.2) is 5.69 Å². The number of nitrogens with one attached hydrogen (secondary N) is 2. The van der Waals surface area contributed by atoms with E-state index in [1.165, 1.54) is 11.2 Å². The number of hydrogen-bond donors (Lipinski definition) is 2. The van der Waals surface area contributed by atoms with Gasteiger partial charge in [-0.2, -0.15) is 0 Å². The summed E-state index contributed by atoms with van der Waals surface area (Å²) in [6.45, 7) is 1.70. The van der Waals surface area contributed by atoms with E-state index >= 15 is 0 Å². The van der Waals surface area contributed by atoms with E-state index in [2.05, 4.69) is 15.3 Å². The van der Waals surface area contributed by atoms with Crippen LogP contribution in [0.15, 0.2) is 6.33 Å². The van der Waals surface area contributed by atoms with Crippen molar-refractivity contribution in [1.82, 2.24) is 20.2 Å². The Kier molecular flexibility index (Phi) is 2.03. The molecule has 1 saturated heterocycles. The summed E-state index contributed by atoms with van der Waals surface area (Å²) in [6, 6.07) is 0.0175. The summed E-state index contributed by atoms with van der Waals surface area (Å²) < 4.78 is 0. The lowest BCUT2D eigenvalue weighted by atomic mass is 10.1. The topological polar surface area (TPSA) is 78.1 Å². The predicted octanol–water partition coefficient (Wildman–Crippen LogP) is -0.242. The van der Waals surface area contributed by atoms with Crippen LogP contribution in [-0.2, 0) is 0 Å². The number of rotatable bonds is 1. The number of imidazole rings is 1. The van der Waals surface area contributed by atoms with Gasteiger partial charge in [-0.3, -0.25) is 14.5 Å². The van der Waals surface area contributed by atoms with Gasteiger partial charge in [0, 0.05) is 6.04 Å². The summed E-state index contributed by atoms with van der Waals surface area (Å²) in [5, 5.41) is 3.21. The maximum atomic E-state index is 12.0. The van der Waals surface area contributed by atoms with E-state index in [4.69, 9.17) is 0 Å². The second kappa shape index (κ2) is 3.41. The van der Waals surface area contributed by atoms with Gasteiger partial charge in [0.05, 0.1) is 6.33 Å². The van der Waals surface area contributed by atoms with E-state index in [-0.39, 0.29) is 23.6 Å². The number of nitrogens with zero attached hydrogens (tertiary/aromatic N) is 2. The maximum absolute atomic E-state index is 12.0. The van der Waals surface area contributed by atoms with Gasteiger partial charge >= 0.3 is 0 Å². The van der Waals surface area contributed by atoms with E-state index in [0.29, 0.717) is 5.69 Å². The number of aromatic nitrogens is 2. The first-order chi connectivity index (χ1) is 7.79. The molecule has 2 N–H and O–H groups in total. The molecule has 1 aromatic heterocycles. The molecule has 2 aliphatic heterocycles. The van der Waals surface area contributed by atoms with Gasteiger partial charge in [-0.25, -0.2) is 4.98 Å². The average Bonchev–Trinajstić information content (AvgIpc) is 2.86. The van der Waals surface area contributed by atoms with E-state index in [1.807, 2.05) is 0 Å². The third-order valence-corrected chi connectivity index (χ3v) is 3.17. The van der Waals surface area contributed by atoms with Crippen LogP contribution >= 0.6 is 0 Å². The Morgan fingerprint density at radius 2 is 2.00 bits per heavy atom. The number of amides is 2. The van der Waals surface area contributed by atoms with Gasteiger partial charge in [-0.15, -0.1) is 0 Å². The second-order valence-corrected chi connectivity index (χ2v) is 4.09. The Hall–Kier alpha value is -1.69. The summed E-state index contributed by atoms with van der Waals surface area (Å²) >= 11 is 0. The molecule has 0 unspecified atom stereocenters. The number of aromatic amines is 1. The Balaban J connectivity index is 1.91. The summed E-state index contributed by atoms with van der Waals surface area (Å²) in [5.74, 6) is -0.488. The molecular weight excluding hydrogens is 208 g/mol. The molecule has 16 heavy (non-hydrogen) atoms. The zero-order chi connectivity index (χ0) is 11.1. The van der Waals surface area contributed by atoms with Crippen molar-refractivity contribution < 1.29 is 9.59 Å². The van der Waals surface area contributed by atoms with Crippen LogP contribution in [0.2, 0.25) is 0 Å². The second-order valence-electron chi connectivity index (χ2n) is 4.09. The molecule has 2 aliphatic rings. The lowest BCUT2D eigenvalue weighted by Gasteiger charge is -2.29. The van der Waals surface area contributed by atoms with Crippen LogP contribution in [0.1, 0.15) is 33.8 Å². The van der Waals surface area contributed by atoms with Crippen molar-refractivity contribution in [2.45, 2.75) is 18.9 Å². The molecule has 0 saturated carbocycles. The number of hydrogen-bond acceptors (Lipinski definition) is 4. The standard InChI is InChI=1S/C10H12N4O2/c15-9-7-8(13-5-12-7)10(16)14(9)6-1-3-11-4-2-6/h5-6,11H,1-4H2,(H,12,13). The van der Waals surface area contributed by atoms with Crippen LogP contribution < -0.4 is 5.32 Å². The van der Waals surface area contributed by atoms with Crippen LogP contribution in [0.25, 0.3) is 0 Å². The molecule has 6 heteroatoms. The minimum atomic E-state index is -0.256. The third-order valence-electron chi connectivity index (χ3n) is 3.17. The van der Waals surface area contributed by atoms with Gasteiger partial charge < -0.3 is 10.3 Å². The fourth-order valence-electron chi connectivity index (χ4n) is 2.34. The third kappa shape index (κ3) is 1.19. The van der Waals surface area contributed by atoms with E-state index in [9.17, 15) is 9.59 Å². The van der Waals surface area contributed by atoms with Gasteiger partial charge in [0.25, 0.3) is 11.8 Å². The average molecular weight is 220 g/mol. The normalized spacial score (nSPS) is 21.6. The predicted molar refractivity (Wildman–Crippen MR) is 55.0 cm³/mol. The minimum absolute atomic E-state index is 0.0175. The molecule has 0 atom stereocenters. The SMILES string of the molecule is O=C1c2nc[nH]c2C(=O)N1C1CCNCC1. The number of piperidine rings is 1. The van der Waals surface area contributed by atoms with Crippen LogP contribution in [0.4, 0.5) is 0 Å². The molecule has 0 spiro atoms. The largest absolute Gasteiger partial charge is 0.340 e. The summed E-state index contributed by atoms with van der Waals surface area (Å²) in [6.07, 6.45) is 3.03. The highest BCUT2D eigenvalue weighted by molar-refractivity contribution is 6.19. The Labute approximate surface area is 92.0 Å². The number of carbonyl (C=O) groups excluding carboxylic acids is 2. The molecule has 1 aromatic rings. The number of H-pyrrole nitrogens is 1. The highest BCUT2D eigenvalue weighted by Crippen LogP contribution is 2.24. The van der Waals surface area contributed by atoms with Crippen LogP contribution in [0.5, 0.6) is 0 Å². The fourth-order valence-corrected chi connectivity index (χ4v) is 2.34. The van der Waals surface area contributed by atoms with Gasteiger partial charge in [-0.1, -0.05) is 0 Å². The van der Waals surface area contributed by atoms with Crippen LogP contribution in [0, 0.1) is 0 Å². The van der Waals surface area contributed by atoms with Crippen LogP contribution in [-0.4, -0.2) is 45.8 Å².